The van der Waals surface area contributed by atoms with Crippen molar-refractivity contribution in [3.8, 4) is 5.75 Å². The van der Waals surface area contributed by atoms with Gasteiger partial charge in [-0.05, 0) is 30.7 Å². The lowest BCUT2D eigenvalue weighted by Crippen LogP contribution is -2.02. The summed E-state index contributed by atoms with van der Waals surface area (Å²) in [5.41, 5.74) is 2.25. The van der Waals surface area contributed by atoms with Crippen molar-refractivity contribution in [2.24, 2.45) is 0 Å². The highest BCUT2D eigenvalue weighted by molar-refractivity contribution is 5.97. The van der Waals surface area contributed by atoms with Crippen LogP contribution in [0.3, 0.4) is 0 Å². The first-order valence-corrected chi connectivity index (χ1v) is 5.19. The minimum Gasteiger partial charge on any atom is -0.496 e. The first kappa shape index (κ1) is 11.4. The molecule has 0 bridgehead atoms. The normalized spacial score (nSPS) is 10.3. The second-order valence-corrected chi connectivity index (χ2v) is 3.69. The van der Waals surface area contributed by atoms with Crippen molar-refractivity contribution in [1.29, 1.82) is 0 Å². The second-order valence-electron chi connectivity index (χ2n) is 3.69. The Hall–Kier alpha value is -2.10. The summed E-state index contributed by atoms with van der Waals surface area (Å²) >= 11 is 0. The highest BCUT2D eigenvalue weighted by Crippen LogP contribution is 2.27. The lowest BCUT2D eigenvalue weighted by atomic mass is 10.1. The number of aromatic nitrogens is 1. The van der Waals surface area contributed by atoms with Crippen molar-refractivity contribution < 1.29 is 14.3 Å². The number of pyridine rings is 1. The van der Waals surface area contributed by atoms with Crippen molar-refractivity contribution in [2.45, 2.75) is 6.92 Å². The Kier molecular flexibility index (Phi) is 2.95. The number of benzene rings is 1. The number of hydrogen-bond donors (Lipinski definition) is 0. The van der Waals surface area contributed by atoms with Gasteiger partial charge in [-0.2, -0.15) is 0 Å². The third-order valence-corrected chi connectivity index (χ3v) is 2.64. The zero-order valence-corrected chi connectivity index (χ0v) is 9.98. The number of esters is 1. The van der Waals surface area contributed by atoms with E-state index in [1.165, 1.54) is 7.11 Å². The number of carbonyl (C=O) groups is 1. The van der Waals surface area contributed by atoms with Crippen molar-refractivity contribution in [2.75, 3.05) is 14.2 Å². The number of carbonyl (C=O) groups excluding carboxylic acids is 1. The third-order valence-electron chi connectivity index (χ3n) is 2.64. The van der Waals surface area contributed by atoms with E-state index >= 15 is 0 Å². The van der Waals surface area contributed by atoms with E-state index in [0.29, 0.717) is 11.3 Å². The Balaban J connectivity index is 2.74. The highest BCUT2D eigenvalue weighted by atomic mass is 16.5. The fraction of sp³-hybridized carbons (Fsp3) is 0.231. The predicted molar refractivity (Wildman–Crippen MR) is 64.4 cm³/mol. The molecule has 0 saturated heterocycles. The van der Waals surface area contributed by atoms with E-state index in [4.69, 9.17) is 9.47 Å². The summed E-state index contributed by atoms with van der Waals surface area (Å²) in [4.78, 5) is 15.8. The molecule has 1 aromatic heterocycles. The number of fused-ring (bicyclic) bond motifs is 1. The van der Waals surface area contributed by atoms with Crippen molar-refractivity contribution in [3.05, 3.63) is 35.5 Å². The number of hydrogen-bond acceptors (Lipinski definition) is 4. The van der Waals surface area contributed by atoms with Gasteiger partial charge in [0.2, 0.25) is 0 Å². The van der Waals surface area contributed by atoms with E-state index in [1.54, 1.807) is 31.5 Å². The molecule has 0 unspecified atom stereocenters. The summed E-state index contributed by atoms with van der Waals surface area (Å²) in [6.45, 7) is 1.90. The van der Waals surface area contributed by atoms with Crippen molar-refractivity contribution in [1.82, 2.24) is 4.98 Å². The van der Waals surface area contributed by atoms with Crippen LogP contribution < -0.4 is 4.74 Å². The zero-order chi connectivity index (χ0) is 12.4. The molecular formula is C13H13NO3. The molecule has 2 aromatic rings. The van der Waals surface area contributed by atoms with Gasteiger partial charge in [0.15, 0.2) is 0 Å². The highest BCUT2D eigenvalue weighted by Gasteiger charge is 2.11. The number of ether oxygens (including phenoxy) is 2. The van der Waals surface area contributed by atoms with E-state index in [1.807, 2.05) is 6.92 Å². The Bertz CT molecular complexity index is 578. The molecule has 88 valence electrons. The summed E-state index contributed by atoms with van der Waals surface area (Å²) in [6.07, 6.45) is 1.69. The van der Waals surface area contributed by atoms with E-state index in [-0.39, 0.29) is 5.97 Å². The Morgan fingerprint density at radius 3 is 2.71 bits per heavy atom. The number of rotatable bonds is 2. The molecule has 4 nitrogen and oxygen atoms in total. The van der Waals surface area contributed by atoms with Crippen LogP contribution >= 0.6 is 0 Å². The molecule has 0 atom stereocenters. The minimum atomic E-state index is -0.360. The first-order chi connectivity index (χ1) is 8.17. The predicted octanol–water partition coefficient (Wildman–Crippen LogP) is 2.34. The molecule has 1 heterocycles. The molecule has 0 spiro atoms. The Morgan fingerprint density at radius 1 is 1.29 bits per heavy atom. The largest absolute Gasteiger partial charge is 0.496 e. The van der Waals surface area contributed by atoms with Gasteiger partial charge < -0.3 is 9.47 Å². The fourth-order valence-electron chi connectivity index (χ4n) is 1.82. The maximum absolute atomic E-state index is 11.5. The van der Waals surface area contributed by atoms with Crippen LogP contribution in [-0.2, 0) is 4.74 Å². The van der Waals surface area contributed by atoms with Gasteiger partial charge in [-0.3, -0.25) is 4.98 Å². The molecular weight excluding hydrogens is 218 g/mol. The van der Waals surface area contributed by atoms with Gasteiger partial charge in [0, 0.05) is 11.6 Å². The molecule has 0 aliphatic heterocycles. The van der Waals surface area contributed by atoms with Crippen LogP contribution in [0.4, 0.5) is 0 Å². The summed E-state index contributed by atoms with van der Waals surface area (Å²) in [7, 11) is 2.96. The van der Waals surface area contributed by atoms with Crippen LogP contribution in [-0.4, -0.2) is 25.2 Å². The van der Waals surface area contributed by atoms with Gasteiger partial charge in [-0.25, -0.2) is 4.79 Å². The van der Waals surface area contributed by atoms with Crippen LogP contribution in [0.2, 0.25) is 0 Å². The SMILES string of the molecule is COC(=O)c1cc(C)c2nccc(OC)c2c1. The van der Waals surface area contributed by atoms with Crippen molar-refractivity contribution in [3.63, 3.8) is 0 Å². The minimum absolute atomic E-state index is 0.360. The van der Waals surface area contributed by atoms with Crippen LogP contribution in [0.15, 0.2) is 24.4 Å². The number of aryl methyl sites for hydroxylation is 1. The molecule has 4 heteroatoms. The van der Waals surface area contributed by atoms with E-state index < -0.39 is 0 Å². The average molecular weight is 231 g/mol. The molecule has 0 aliphatic rings. The smallest absolute Gasteiger partial charge is 0.337 e. The van der Waals surface area contributed by atoms with E-state index in [0.717, 1.165) is 16.5 Å². The Morgan fingerprint density at radius 2 is 2.06 bits per heavy atom. The summed E-state index contributed by atoms with van der Waals surface area (Å²) in [5.74, 6) is 0.338. The monoisotopic (exact) mass is 231 g/mol. The number of nitrogens with zero attached hydrogens (tertiary/aromatic N) is 1. The molecule has 0 radical (unpaired) electrons. The molecule has 0 aliphatic carbocycles. The quantitative estimate of drug-likeness (QED) is 0.744. The van der Waals surface area contributed by atoms with Gasteiger partial charge in [0.05, 0.1) is 25.3 Å². The van der Waals surface area contributed by atoms with Crippen molar-refractivity contribution >= 4 is 16.9 Å². The average Bonchev–Trinajstić information content (AvgIpc) is 2.37. The maximum Gasteiger partial charge on any atom is 0.337 e. The third kappa shape index (κ3) is 1.93. The van der Waals surface area contributed by atoms with Gasteiger partial charge >= 0.3 is 5.97 Å². The van der Waals surface area contributed by atoms with Crippen LogP contribution in [0.5, 0.6) is 5.75 Å². The van der Waals surface area contributed by atoms with Crippen LogP contribution in [0.1, 0.15) is 15.9 Å². The lowest BCUT2D eigenvalue weighted by Gasteiger charge is -2.08. The van der Waals surface area contributed by atoms with Crippen LogP contribution in [0, 0.1) is 6.92 Å². The second kappa shape index (κ2) is 4.41. The summed E-state index contributed by atoms with van der Waals surface area (Å²) in [6, 6.07) is 5.27. The Labute approximate surface area is 99.2 Å². The molecule has 0 fully saturated rings. The van der Waals surface area contributed by atoms with Crippen LogP contribution in [0.25, 0.3) is 10.9 Å². The van der Waals surface area contributed by atoms with Gasteiger partial charge in [0.25, 0.3) is 0 Å². The fourth-order valence-corrected chi connectivity index (χ4v) is 1.82. The van der Waals surface area contributed by atoms with Gasteiger partial charge in [-0.1, -0.05) is 0 Å². The number of methoxy groups -OCH3 is 2. The standard InChI is InChI=1S/C13H13NO3/c1-8-6-9(13(15)17-3)7-10-11(16-2)4-5-14-12(8)10/h4-7H,1-3H3. The lowest BCUT2D eigenvalue weighted by molar-refractivity contribution is 0.0601. The molecule has 2 rings (SSSR count). The van der Waals surface area contributed by atoms with E-state index in [9.17, 15) is 4.79 Å². The first-order valence-electron chi connectivity index (χ1n) is 5.19. The summed E-state index contributed by atoms with van der Waals surface area (Å²) < 4.78 is 9.97. The summed E-state index contributed by atoms with van der Waals surface area (Å²) in [5, 5.41) is 0.815. The van der Waals surface area contributed by atoms with E-state index in [2.05, 4.69) is 4.98 Å². The maximum atomic E-state index is 11.5. The zero-order valence-electron chi connectivity index (χ0n) is 9.98. The molecule has 1 aromatic carbocycles. The molecule has 17 heavy (non-hydrogen) atoms. The topological polar surface area (TPSA) is 48.4 Å². The molecule has 0 amide bonds. The molecule has 0 N–H and O–H groups in total. The van der Waals surface area contributed by atoms with Gasteiger partial charge in [-0.15, -0.1) is 0 Å². The van der Waals surface area contributed by atoms with Gasteiger partial charge in [0.1, 0.15) is 5.75 Å². The molecule has 0 saturated carbocycles.